The maximum Gasteiger partial charge on any atom is 0.269 e. The third-order valence-corrected chi connectivity index (χ3v) is 5.31. The number of anilines is 1. The Morgan fingerprint density at radius 3 is 3.00 bits per heavy atom. The van der Waals surface area contributed by atoms with Gasteiger partial charge in [-0.1, -0.05) is 0 Å². The highest BCUT2D eigenvalue weighted by molar-refractivity contribution is 7.15. The first kappa shape index (κ1) is 15.5. The Balaban J connectivity index is 1.60. The molecule has 0 aliphatic rings. The molecule has 0 radical (unpaired) electrons. The maximum atomic E-state index is 12.7. The zero-order valence-corrected chi connectivity index (χ0v) is 14.6. The van der Waals surface area contributed by atoms with Crippen molar-refractivity contribution in [2.24, 2.45) is 0 Å². The molecule has 4 rings (SSSR count). The summed E-state index contributed by atoms with van der Waals surface area (Å²) < 4.78 is 1.46. The summed E-state index contributed by atoms with van der Waals surface area (Å²) in [6.45, 7) is 1.92. The Bertz CT molecular complexity index is 1010. The number of aryl methyl sites for hydroxylation is 1. The van der Waals surface area contributed by atoms with Crippen LogP contribution in [0.2, 0.25) is 0 Å². The van der Waals surface area contributed by atoms with E-state index in [0.717, 1.165) is 15.4 Å². The van der Waals surface area contributed by atoms with Crippen molar-refractivity contribution >= 4 is 34.4 Å². The van der Waals surface area contributed by atoms with Gasteiger partial charge in [0, 0.05) is 22.8 Å². The third-order valence-electron chi connectivity index (χ3n) is 3.38. The number of carbonyl (C=O) groups excluding carboxylic acids is 1. The van der Waals surface area contributed by atoms with Gasteiger partial charge in [-0.2, -0.15) is 4.68 Å². The lowest BCUT2D eigenvalue weighted by molar-refractivity contribution is 0.103. The first-order chi connectivity index (χ1) is 12.2. The van der Waals surface area contributed by atoms with E-state index in [9.17, 15) is 4.79 Å². The number of hydrogen-bond donors (Lipinski definition) is 1. The second-order valence-corrected chi connectivity index (χ2v) is 7.13. The van der Waals surface area contributed by atoms with Crippen LogP contribution in [0.4, 0.5) is 5.82 Å². The Kier molecular flexibility index (Phi) is 4.04. The third kappa shape index (κ3) is 3.04. The number of carbonyl (C=O) groups is 1. The van der Waals surface area contributed by atoms with Crippen molar-refractivity contribution in [3.63, 3.8) is 0 Å². The van der Waals surface area contributed by atoms with Gasteiger partial charge in [-0.05, 0) is 40.9 Å². The molecule has 0 aliphatic heterocycles. The molecular weight excluding hydrogens is 358 g/mol. The Hall–Kier alpha value is -2.98. The molecule has 0 saturated heterocycles. The van der Waals surface area contributed by atoms with Crippen molar-refractivity contribution in [2.75, 3.05) is 5.32 Å². The molecule has 124 valence electrons. The summed E-state index contributed by atoms with van der Waals surface area (Å²) >= 11 is 2.83. The van der Waals surface area contributed by atoms with E-state index in [-0.39, 0.29) is 5.91 Å². The number of amides is 1. The number of thiophene rings is 1. The monoisotopic (exact) mass is 369 g/mol. The summed E-state index contributed by atoms with van der Waals surface area (Å²) in [5.41, 5.74) is 1.55. The predicted molar refractivity (Wildman–Crippen MR) is 95.1 cm³/mol. The van der Waals surface area contributed by atoms with Crippen LogP contribution in [0.5, 0.6) is 0 Å². The molecule has 8 nitrogen and oxygen atoms in total. The van der Waals surface area contributed by atoms with Gasteiger partial charge in [0.05, 0.1) is 5.69 Å². The van der Waals surface area contributed by atoms with E-state index in [1.54, 1.807) is 18.5 Å². The van der Waals surface area contributed by atoms with Gasteiger partial charge < -0.3 is 5.32 Å². The maximum absolute atomic E-state index is 12.7. The molecule has 4 aromatic heterocycles. The number of thiazole rings is 1. The average Bonchev–Trinajstić information content (AvgIpc) is 3.36. The van der Waals surface area contributed by atoms with E-state index < -0.39 is 0 Å². The van der Waals surface area contributed by atoms with Crippen LogP contribution < -0.4 is 5.32 Å². The van der Waals surface area contributed by atoms with Crippen molar-refractivity contribution in [3.05, 3.63) is 52.1 Å². The van der Waals surface area contributed by atoms with Crippen molar-refractivity contribution < 1.29 is 4.79 Å². The van der Waals surface area contributed by atoms with Gasteiger partial charge in [0.15, 0.2) is 0 Å². The van der Waals surface area contributed by atoms with E-state index in [1.807, 2.05) is 24.4 Å². The molecule has 0 fully saturated rings. The lowest BCUT2D eigenvalue weighted by atomic mass is 10.3. The number of nitrogens with one attached hydrogen (secondary N) is 1. The number of tetrazole rings is 1. The van der Waals surface area contributed by atoms with E-state index in [0.29, 0.717) is 16.4 Å². The minimum Gasteiger partial charge on any atom is -0.305 e. The number of rotatable bonds is 4. The lowest BCUT2D eigenvalue weighted by Crippen LogP contribution is -2.14. The predicted octanol–water partition coefficient (Wildman–Crippen LogP) is 2.80. The standard InChI is InChI=1S/C15H11N7OS2/c1-9-13(19-15(25-9)10-3-2-5-16-7-10)18-14(23)12-11(4-6-24-12)22-8-17-20-21-22/h2-8H,1H3,(H,18,23). The summed E-state index contributed by atoms with van der Waals surface area (Å²) in [6, 6.07) is 5.59. The van der Waals surface area contributed by atoms with Gasteiger partial charge in [0.1, 0.15) is 22.0 Å². The first-order valence-corrected chi connectivity index (χ1v) is 8.92. The second-order valence-electron chi connectivity index (χ2n) is 5.01. The quantitative estimate of drug-likeness (QED) is 0.594. The summed E-state index contributed by atoms with van der Waals surface area (Å²) in [5.74, 6) is 0.302. The lowest BCUT2D eigenvalue weighted by Gasteiger charge is -2.04. The van der Waals surface area contributed by atoms with Crippen LogP contribution in [0.15, 0.2) is 42.3 Å². The second kappa shape index (κ2) is 6.49. The van der Waals surface area contributed by atoms with Crippen LogP contribution in [-0.2, 0) is 0 Å². The molecular formula is C15H11N7OS2. The van der Waals surface area contributed by atoms with Crippen molar-refractivity contribution in [3.8, 4) is 16.3 Å². The van der Waals surface area contributed by atoms with Crippen LogP contribution >= 0.6 is 22.7 Å². The molecule has 0 unspecified atom stereocenters. The highest BCUT2D eigenvalue weighted by Crippen LogP contribution is 2.30. The van der Waals surface area contributed by atoms with Crippen LogP contribution in [0, 0.1) is 6.92 Å². The number of nitrogens with zero attached hydrogens (tertiary/aromatic N) is 6. The molecule has 0 spiro atoms. The summed E-state index contributed by atoms with van der Waals surface area (Å²) in [5, 5.41) is 16.5. The molecule has 25 heavy (non-hydrogen) atoms. The zero-order chi connectivity index (χ0) is 17.2. The number of pyridine rings is 1. The molecule has 0 saturated carbocycles. The van der Waals surface area contributed by atoms with Gasteiger partial charge in [0.25, 0.3) is 5.91 Å². The molecule has 1 N–H and O–H groups in total. The van der Waals surface area contributed by atoms with Gasteiger partial charge in [-0.25, -0.2) is 4.98 Å². The van der Waals surface area contributed by atoms with Crippen molar-refractivity contribution in [1.82, 2.24) is 30.2 Å². The van der Waals surface area contributed by atoms with E-state index >= 15 is 0 Å². The molecule has 10 heteroatoms. The van der Waals surface area contributed by atoms with Crippen LogP contribution in [0.3, 0.4) is 0 Å². The van der Waals surface area contributed by atoms with Gasteiger partial charge in [-0.3, -0.25) is 9.78 Å². The minimum absolute atomic E-state index is 0.244. The van der Waals surface area contributed by atoms with Crippen molar-refractivity contribution in [2.45, 2.75) is 6.92 Å². The Morgan fingerprint density at radius 2 is 2.24 bits per heavy atom. The minimum atomic E-state index is -0.244. The molecule has 4 aromatic rings. The highest BCUT2D eigenvalue weighted by Gasteiger charge is 2.18. The van der Waals surface area contributed by atoms with Gasteiger partial charge in [0.2, 0.25) is 0 Å². The molecule has 0 bridgehead atoms. The smallest absolute Gasteiger partial charge is 0.269 e. The molecule has 4 heterocycles. The van der Waals surface area contributed by atoms with Crippen LogP contribution in [-0.4, -0.2) is 36.1 Å². The Labute approximate surface area is 150 Å². The molecule has 1 amide bonds. The highest BCUT2D eigenvalue weighted by atomic mass is 32.1. The zero-order valence-electron chi connectivity index (χ0n) is 12.9. The molecule has 0 aromatic carbocycles. The van der Waals surface area contributed by atoms with Gasteiger partial charge >= 0.3 is 0 Å². The fourth-order valence-electron chi connectivity index (χ4n) is 2.21. The van der Waals surface area contributed by atoms with Gasteiger partial charge in [-0.15, -0.1) is 27.8 Å². The summed E-state index contributed by atoms with van der Waals surface area (Å²) in [6.07, 6.45) is 4.91. The summed E-state index contributed by atoms with van der Waals surface area (Å²) in [4.78, 5) is 22.7. The van der Waals surface area contributed by atoms with Crippen molar-refractivity contribution in [1.29, 1.82) is 0 Å². The first-order valence-electron chi connectivity index (χ1n) is 7.22. The number of hydrogen-bond acceptors (Lipinski definition) is 8. The topological polar surface area (TPSA) is 98.5 Å². The summed E-state index contributed by atoms with van der Waals surface area (Å²) in [7, 11) is 0. The normalized spacial score (nSPS) is 10.8. The van der Waals surface area contributed by atoms with E-state index in [4.69, 9.17) is 0 Å². The molecule has 0 atom stereocenters. The fraction of sp³-hybridized carbons (Fsp3) is 0.0667. The van der Waals surface area contributed by atoms with Crippen LogP contribution in [0.25, 0.3) is 16.3 Å². The SMILES string of the molecule is Cc1sc(-c2cccnc2)nc1NC(=O)c1sccc1-n1cnnn1. The van der Waals surface area contributed by atoms with Crippen LogP contribution in [0.1, 0.15) is 14.5 Å². The van der Waals surface area contributed by atoms with E-state index in [2.05, 4.69) is 30.8 Å². The Morgan fingerprint density at radius 1 is 1.32 bits per heavy atom. The number of aromatic nitrogens is 6. The molecule has 0 aliphatic carbocycles. The largest absolute Gasteiger partial charge is 0.305 e. The fourth-order valence-corrected chi connectivity index (χ4v) is 3.85. The average molecular weight is 369 g/mol. The van der Waals surface area contributed by atoms with E-state index in [1.165, 1.54) is 33.7 Å².